The molecule has 0 spiro atoms. The maximum Gasteiger partial charge on any atom is 0.141 e. The second kappa shape index (κ2) is 8.55. The molecule has 0 amide bonds. The van der Waals surface area contributed by atoms with Crippen LogP contribution in [0.15, 0.2) is 35.5 Å². The maximum atomic E-state index is 9.06. The number of nitrogens with zero attached hydrogens (tertiary/aromatic N) is 2. The highest BCUT2D eigenvalue weighted by Gasteiger charge is 2.23. The normalized spacial score (nSPS) is 13.9. The first-order valence-corrected chi connectivity index (χ1v) is 6.98. The molecule has 0 aliphatic heterocycles. The number of amidine groups is 1. The van der Waals surface area contributed by atoms with Gasteiger partial charge in [-0.05, 0) is 25.8 Å². The zero-order valence-corrected chi connectivity index (χ0v) is 12.2. The molecule has 1 unspecified atom stereocenters. The van der Waals surface area contributed by atoms with Gasteiger partial charge in [-0.2, -0.15) is 0 Å². The van der Waals surface area contributed by atoms with Crippen molar-refractivity contribution in [2.45, 2.75) is 38.8 Å². The SMILES string of the molecule is CC(C)N(CCCO)C(CC(N)=NO)c1ccccc1. The number of benzene rings is 1. The molecule has 5 heteroatoms. The fraction of sp³-hybridized carbons (Fsp3) is 0.533. The number of aliphatic hydroxyl groups excluding tert-OH is 1. The van der Waals surface area contributed by atoms with E-state index in [1.54, 1.807) is 0 Å². The van der Waals surface area contributed by atoms with E-state index in [2.05, 4.69) is 23.9 Å². The zero-order valence-electron chi connectivity index (χ0n) is 12.2. The average Bonchev–Trinajstić information content (AvgIpc) is 2.46. The predicted octanol–water partition coefficient (Wildman–Crippen LogP) is 1.96. The van der Waals surface area contributed by atoms with Crippen molar-refractivity contribution in [1.29, 1.82) is 0 Å². The van der Waals surface area contributed by atoms with Crippen molar-refractivity contribution in [2.75, 3.05) is 13.2 Å². The van der Waals surface area contributed by atoms with Crippen LogP contribution in [0.25, 0.3) is 0 Å². The summed E-state index contributed by atoms with van der Waals surface area (Å²) in [6.45, 7) is 5.15. The smallest absolute Gasteiger partial charge is 0.141 e. The molecule has 1 rings (SSSR count). The molecule has 0 aliphatic carbocycles. The lowest BCUT2D eigenvalue weighted by Gasteiger charge is -2.35. The third-order valence-corrected chi connectivity index (χ3v) is 3.35. The van der Waals surface area contributed by atoms with Crippen LogP contribution < -0.4 is 5.73 Å². The number of rotatable bonds is 8. The fourth-order valence-corrected chi connectivity index (χ4v) is 2.37. The lowest BCUT2D eigenvalue weighted by Crippen LogP contribution is -2.38. The number of oxime groups is 1. The van der Waals surface area contributed by atoms with Gasteiger partial charge in [0.15, 0.2) is 0 Å². The van der Waals surface area contributed by atoms with Gasteiger partial charge in [0.25, 0.3) is 0 Å². The van der Waals surface area contributed by atoms with Crippen LogP contribution >= 0.6 is 0 Å². The molecule has 0 bridgehead atoms. The highest BCUT2D eigenvalue weighted by Crippen LogP contribution is 2.26. The molecule has 0 fully saturated rings. The highest BCUT2D eigenvalue weighted by molar-refractivity contribution is 5.80. The molecule has 20 heavy (non-hydrogen) atoms. The van der Waals surface area contributed by atoms with Crippen LogP contribution in [-0.4, -0.2) is 40.2 Å². The minimum atomic E-state index is 0.0404. The predicted molar refractivity (Wildman–Crippen MR) is 80.8 cm³/mol. The summed E-state index contributed by atoms with van der Waals surface area (Å²) >= 11 is 0. The molecule has 112 valence electrons. The van der Waals surface area contributed by atoms with Gasteiger partial charge >= 0.3 is 0 Å². The maximum absolute atomic E-state index is 9.06. The van der Waals surface area contributed by atoms with Crippen molar-refractivity contribution in [1.82, 2.24) is 4.90 Å². The second-order valence-electron chi connectivity index (χ2n) is 5.13. The van der Waals surface area contributed by atoms with E-state index in [1.807, 2.05) is 30.3 Å². The van der Waals surface area contributed by atoms with Gasteiger partial charge in [0.2, 0.25) is 0 Å². The number of hydrogen-bond donors (Lipinski definition) is 3. The van der Waals surface area contributed by atoms with Crippen LogP contribution in [0.1, 0.15) is 38.3 Å². The van der Waals surface area contributed by atoms with Crippen molar-refractivity contribution >= 4 is 5.84 Å². The van der Waals surface area contributed by atoms with E-state index in [0.717, 1.165) is 12.1 Å². The fourth-order valence-electron chi connectivity index (χ4n) is 2.37. The lowest BCUT2D eigenvalue weighted by atomic mass is 9.99. The van der Waals surface area contributed by atoms with Gasteiger partial charge in [0.05, 0.1) is 0 Å². The van der Waals surface area contributed by atoms with Crippen molar-refractivity contribution < 1.29 is 10.3 Å². The highest BCUT2D eigenvalue weighted by atomic mass is 16.4. The molecule has 4 N–H and O–H groups in total. The van der Waals surface area contributed by atoms with E-state index in [1.165, 1.54) is 0 Å². The largest absolute Gasteiger partial charge is 0.409 e. The third-order valence-electron chi connectivity index (χ3n) is 3.35. The second-order valence-corrected chi connectivity index (χ2v) is 5.13. The minimum Gasteiger partial charge on any atom is -0.409 e. The van der Waals surface area contributed by atoms with Gasteiger partial charge in [0.1, 0.15) is 5.84 Å². The van der Waals surface area contributed by atoms with Crippen molar-refractivity contribution in [3.8, 4) is 0 Å². The van der Waals surface area contributed by atoms with E-state index in [4.69, 9.17) is 16.0 Å². The van der Waals surface area contributed by atoms with E-state index in [0.29, 0.717) is 18.9 Å². The first-order valence-electron chi connectivity index (χ1n) is 6.98. The Labute approximate surface area is 120 Å². The van der Waals surface area contributed by atoms with Crippen molar-refractivity contribution in [3.05, 3.63) is 35.9 Å². The Hall–Kier alpha value is -1.59. The van der Waals surface area contributed by atoms with Gasteiger partial charge < -0.3 is 16.0 Å². The summed E-state index contributed by atoms with van der Waals surface area (Å²) in [4.78, 5) is 2.27. The van der Waals surface area contributed by atoms with Crippen LogP contribution in [0.2, 0.25) is 0 Å². The molecule has 1 atom stereocenters. The van der Waals surface area contributed by atoms with E-state index in [9.17, 15) is 0 Å². The van der Waals surface area contributed by atoms with E-state index in [-0.39, 0.29) is 18.5 Å². The zero-order chi connectivity index (χ0) is 15.0. The Morgan fingerprint density at radius 1 is 1.30 bits per heavy atom. The van der Waals surface area contributed by atoms with Crippen LogP contribution in [0.5, 0.6) is 0 Å². The van der Waals surface area contributed by atoms with Gasteiger partial charge in [-0.25, -0.2) is 0 Å². The van der Waals surface area contributed by atoms with Crippen LogP contribution in [-0.2, 0) is 0 Å². The molecule has 0 aliphatic rings. The Morgan fingerprint density at radius 2 is 1.95 bits per heavy atom. The van der Waals surface area contributed by atoms with Gasteiger partial charge in [-0.3, -0.25) is 4.90 Å². The van der Waals surface area contributed by atoms with E-state index >= 15 is 0 Å². The minimum absolute atomic E-state index is 0.0404. The Balaban J connectivity index is 3.00. The average molecular weight is 279 g/mol. The Bertz CT molecular complexity index is 407. The molecule has 0 saturated heterocycles. The Kier molecular flexibility index (Phi) is 7.04. The molecular weight excluding hydrogens is 254 g/mol. The summed E-state index contributed by atoms with van der Waals surface area (Å²) in [7, 11) is 0. The quantitative estimate of drug-likeness (QED) is 0.294. The standard InChI is InChI=1S/C15H25N3O2/c1-12(2)18(9-6-10-19)14(11-15(16)17-20)13-7-4-3-5-8-13/h3-5,7-8,12,14,19-20H,6,9-11H2,1-2H3,(H2,16,17). The van der Waals surface area contributed by atoms with Crippen LogP contribution in [0, 0.1) is 0 Å². The first kappa shape index (κ1) is 16.5. The summed E-state index contributed by atoms with van der Waals surface area (Å²) in [6, 6.07) is 10.4. The summed E-state index contributed by atoms with van der Waals surface area (Å²) < 4.78 is 0. The summed E-state index contributed by atoms with van der Waals surface area (Å²) in [5.41, 5.74) is 6.83. The van der Waals surface area contributed by atoms with Crippen molar-refractivity contribution in [2.24, 2.45) is 10.9 Å². The summed E-state index contributed by atoms with van der Waals surface area (Å²) in [6.07, 6.45) is 1.17. The molecular formula is C15H25N3O2. The third kappa shape index (κ3) is 4.83. The number of hydrogen-bond acceptors (Lipinski definition) is 4. The number of aliphatic hydroxyl groups is 1. The van der Waals surface area contributed by atoms with Gasteiger partial charge in [-0.1, -0.05) is 35.5 Å². The van der Waals surface area contributed by atoms with Gasteiger partial charge in [-0.15, -0.1) is 0 Å². The summed E-state index contributed by atoms with van der Waals surface area (Å²) in [5, 5.41) is 21.0. The van der Waals surface area contributed by atoms with E-state index < -0.39 is 0 Å². The number of nitrogens with two attached hydrogens (primary N) is 1. The molecule has 1 aromatic rings. The van der Waals surface area contributed by atoms with Crippen LogP contribution in [0.3, 0.4) is 0 Å². The van der Waals surface area contributed by atoms with Gasteiger partial charge in [0, 0.05) is 31.7 Å². The first-order chi connectivity index (χ1) is 9.60. The van der Waals surface area contributed by atoms with Crippen molar-refractivity contribution in [3.63, 3.8) is 0 Å². The Morgan fingerprint density at radius 3 is 2.45 bits per heavy atom. The topological polar surface area (TPSA) is 82.1 Å². The monoisotopic (exact) mass is 279 g/mol. The molecule has 0 saturated carbocycles. The molecule has 0 aromatic heterocycles. The van der Waals surface area contributed by atoms with Crippen LogP contribution in [0.4, 0.5) is 0 Å². The lowest BCUT2D eigenvalue weighted by molar-refractivity contribution is 0.139. The molecule has 5 nitrogen and oxygen atoms in total. The molecule has 0 heterocycles. The molecule has 0 radical (unpaired) electrons. The summed E-state index contributed by atoms with van der Waals surface area (Å²) in [5.74, 6) is 0.216. The molecule has 1 aromatic carbocycles.